The van der Waals surface area contributed by atoms with Crippen molar-refractivity contribution in [3.8, 4) is 34.3 Å². The van der Waals surface area contributed by atoms with Gasteiger partial charge in [-0.2, -0.15) is 9.94 Å². The molecule has 142 valence electrons. The summed E-state index contributed by atoms with van der Waals surface area (Å²) >= 11 is 0. The van der Waals surface area contributed by atoms with Crippen LogP contribution in [-0.2, 0) is 20.7 Å². The van der Waals surface area contributed by atoms with E-state index in [1.165, 1.54) is 0 Å². The molecule has 1 heterocycles. The maximum Gasteiger partial charge on any atom is 0.280 e. The first-order valence-electron chi connectivity index (χ1n) is 9.50. The van der Waals surface area contributed by atoms with E-state index in [2.05, 4.69) is 39.7 Å². The normalized spacial score (nSPS) is 10.5. The number of hydrogen-bond acceptors (Lipinski definition) is 2. The zero-order valence-electron chi connectivity index (χ0n) is 16.5. The standard InChI is InChI=1S/C25H22N3O/c1-27-23(21-12-5-3-6-13-21)25(24(28(27)2)22-14-7-4-8-15-22)29-18-20-11-9-10-19(16-20)17-26/h3-16H,18H2,1-2H3/q+1. The highest BCUT2D eigenvalue weighted by Crippen LogP contribution is 2.37. The van der Waals surface area contributed by atoms with E-state index in [4.69, 9.17) is 4.74 Å². The van der Waals surface area contributed by atoms with Crippen LogP contribution in [0.3, 0.4) is 0 Å². The second-order valence-corrected chi connectivity index (χ2v) is 6.91. The van der Waals surface area contributed by atoms with Gasteiger partial charge in [-0.15, -0.1) is 4.68 Å². The summed E-state index contributed by atoms with van der Waals surface area (Å²) < 4.78 is 10.6. The third-order valence-corrected chi connectivity index (χ3v) is 5.06. The van der Waals surface area contributed by atoms with E-state index < -0.39 is 0 Å². The van der Waals surface area contributed by atoms with Crippen molar-refractivity contribution < 1.29 is 9.42 Å². The Labute approximate surface area is 170 Å². The number of benzene rings is 3. The third-order valence-electron chi connectivity index (χ3n) is 5.06. The van der Waals surface area contributed by atoms with Crippen LogP contribution in [0.15, 0.2) is 84.9 Å². The van der Waals surface area contributed by atoms with Gasteiger partial charge in [-0.3, -0.25) is 0 Å². The Morgan fingerprint density at radius 1 is 0.897 bits per heavy atom. The van der Waals surface area contributed by atoms with Crippen LogP contribution in [0.2, 0.25) is 0 Å². The van der Waals surface area contributed by atoms with E-state index in [0.717, 1.165) is 33.8 Å². The van der Waals surface area contributed by atoms with E-state index in [9.17, 15) is 5.26 Å². The number of nitriles is 1. The number of aromatic nitrogens is 2. The second kappa shape index (κ2) is 8.04. The van der Waals surface area contributed by atoms with Gasteiger partial charge in [0.1, 0.15) is 6.61 Å². The molecule has 0 fully saturated rings. The molecule has 0 spiro atoms. The Bertz CT molecular complexity index is 1110. The molecule has 4 rings (SSSR count). The molecule has 4 heteroatoms. The van der Waals surface area contributed by atoms with Crippen molar-refractivity contribution in [2.24, 2.45) is 14.1 Å². The molecule has 0 aliphatic heterocycles. The molecular weight excluding hydrogens is 358 g/mol. The van der Waals surface area contributed by atoms with E-state index in [0.29, 0.717) is 12.2 Å². The van der Waals surface area contributed by atoms with Gasteiger partial charge in [0.25, 0.3) is 5.69 Å². The van der Waals surface area contributed by atoms with Gasteiger partial charge in [0.15, 0.2) is 12.7 Å². The highest BCUT2D eigenvalue weighted by molar-refractivity contribution is 5.76. The highest BCUT2D eigenvalue weighted by atomic mass is 16.5. The molecule has 0 unspecified atom stereocenters. The van der Waals surface area contributed by atoms with Gasteiger partial charge >= 0.3 is 0 Å². The summed E-state index contributed by atoms with van der Waals surface area (Å²) in [6.45, 7) is 0.388. The summed E-state index contributed by atoms with van der Waals surface area (Å²) in [5, 5.41) is 9.18. The molecule has 4 aromatic rings. The molecule has 1 aromatic heterocycles. The molecule has 0 aliphatic rings. The fourth-order valence-electron chi connectivity index (χ4n) is 3.56. The van der Waals surface area contributed by atoms with Crippen molar-refractivity contribution in [3.63, 3.8) is 0 Å². The van der Waals surface area contributed by atoms with Crippen LogP contribution in [0.4, 0.5) is 0 Å². The Hall–Kier alpha value is -3.84. The van der Waals surface area contributed by atoms with Crippen LogP contribution in [0.25, 0.3) is 22.5 Å². The lowest BCUT2D eigenvalue weighted by Gasteiger charge is -2.08. The molecule has 0 radical (unpaired) electrons. The Morgan fingerprint density at radius 2 is 1.55 bits per heavy atom. The molecule has 0 amide bonds. The topological polar surface area (TPSA) is 41.8 Å². The molecule has 0 aliphatic carbocycles. The number of ether oxygens (including phenoxy) is 1. The Kier molecular flexibility index (Phi) is 5.13. The molecule has 0 saturated carbocycles. The fourth-order valence-corrected chi connectivity index (χ4v) is 3.56. The van der Waals surface area contributed by atoms with Crippen molar-refractivity contribution in [1.29, 1.82) is 5.26 Å². The summed E-state index contributed by atoms with van der Waals surface area (Å²) in [5.41, 5.74) is 5.82. The minimum atomic E-state index is 0.388. The van der Waals surface area contributed by atoms with Gasteiger partial charge in [-0.1, -0.05) is 60.7 Å². The smallest absolute Gasteiger partial charge is 0.280 e. The van der Waals surface area contributed by atoms with Gasteiger partial charge in [0, 0.05) is 5.56 Å². The molecule has 4 nitrogen and oxygen atoms in total. The van der Waals surface area contributed by atoms with Crippen LogP contribution in [0.5, 0.6) is 5.75 Å². The first-order valence-corrected chi connectivity index (χ1v) is 9.50. The monoisotopic (exact) mass is 380 g/mol. The highest BCUT2D eigenvalue weighted by Gasteiger charge is 2.30. The molecular formula is C25H22N3O+. The van der Waals surface area contributed by atoms with E-state index in [-0.39, 0.29) is 0 Å². The van der Waals surface area contributed by atoms with Crippen molar-refractivity contribution >= 4 is 0 Å². The Morgan fingerprint density at radius 3 is 2.21 bits per heavy atom. The zero-order chi connectivity index (χ0) is 20.2. The largest absolute Gasteiger partial charge is 0.480 e. The minimum absolute atomic E-state index is 0.388. The predicted molar refractivity (Wildman–Crippen MR) is 113 cm³/mol. The molecule has 29 heavy (non-hydrogen) atoms. The van der Waals surface area contributed by atoms with Gasteiger partial charge in [-0.05, 0) is 29.8 Å². The van der Waals surface area contributed by atoms with Crippen molar-refractivity contribution in [1.82, 2.24) is 4.68 Å². The van der Waals surface area contributed by atoms with Crippen LogP contribution in [0.1, 0.15) is 11.1 Å². The van der Waals surface area contributed by atoms with Gasteiger partial charge in [0.05, 0.1) is 24.2 Å². The summed E-state index contributed by atoms with van der Waals surface area (Å²) in [7, 11) is 4.08. The lowest BCUT2D eigenvalue weighted by molar-refractivity contribution is -0.740. The summed E-state index contributed by atoms with van der Waals surface area (Å²) in [6, 6.07) is 30.2. The third kappa shape index (κ3) is 3.63. The van der Waals surface area contributed by atoms with Crippen LogP contribution in [-0.4, -0.2) is 4.68 Å². The molecule has 0 atom stereocenters. The van der Waals surface area contributed by atoms with E-state index in [1.807, 2.05) is 68.7 Å². The first-order chi connectivity index (χ1) is 14.2. The maximum atomic E-state index is 9.18. The van der Waals surface area contributed by atoms with E-state index in [1.54, 1.807) is 6.07 Å². The van der Waals surface area contributed by atoms with Gasteiger partial charge < -0.3 is 4.74 Å². The summed E-state index contributed by atoms with van der Waals surface area (Å²) in [5.74, 6) is 0.828. The number of hydrogen-bond donors (Lipinski definition) is 0. The molecule has 0 N–H and O–H groups in total. The Balaban J connectivity index is 1.83. The summed E-state index contributed by atoms with van der Waals surface area (Å²) in [4.78, 5) is 0. The first kappa shape index (κ1) is 18.5. The average Bonchev–Trinajstić information content (AvgIpc) is 3.03. The van der Waals surface area contributed by atoms with Crippen LogP contribution < -0.4 is 9.42 Å². The van der Waals surface area contributed by atoms with E-state index >= 15 is 0 Å². The number of nitrogens with zero attached hydrogens (tertiary/aromatic N) is 3. The van der Waals surface area contributed by atoms with Crippen molar-refractivity contribution in [3.05, 3.63) is 96.1 Å². The van der Waals surface area contributed by atoms with Crippen LogP contribution in [0, 0.1) is 11.3 Å². The summed E-state index contributed by atoms with van der Waals surface area (Å²) in [6.07, 6.45) is 0. The molecule has 0 bridgehead atoms. The minimum Gasteiger partial charge on any atom is -0.480 e. The lowest BCUT2D eigenvalue weighted by Crippen LogP contribution is -2.39. The van der Waals surface area contributed by atoms with Gasteiger partial charge in [0.2, 0.25) is 5.75 Å². The second-order valence-electron chi connectivity index (χ2n) is 6.91. The van der Waals surface area contributed by atoms with Gasteiger partial charge in [-0.25, -0.2) is 0 Å². The number of rotatable bonds is 5. The molecule has 0 saturated heterocycles. The van der Waals surface area contributed by atoms with Crippen molar-refractivity contribution in [2.75, 3.05) is 0 Å². The molecule has 3 aromatic carbocycles. The fraction of sp³-hybridized carbons (Fsp3) is 0.120. The maximum absolute atomic E-state index is 9.18. The average molecular weight is 380 g/mol. The van der Waals surface area contributed by atoms with Crippen molar-refractivity contribution in [2.45, 2.75) is 6.61 Å². The lowest BCUT2D eigenvalue weighted by atomic mass is 10.1. The zero-order valence-corrected chi connectivity index (χ0v) is 16.5. The predicted octanol–water partition coefficient (Wildman–Crippen LogP) is 4.63. The van der Waals surface area contributed by atoms with Crippen LogP contribution >= 0.6 is 0 Å². The SMILES string of the molecule is Cn1c(-c2ccccc2)c(OCc2cccc(C#N)c2)c(-c2ccccc2)[n+]1C. The quantitative estimate of drug-likeness (QED) is 0.474.